The fourth-order valence-corrected chi connectivity index (χ4v) is 1.79. The first-order valence-corrected chi connectivity index (χ1v) is 6.17. The van der Waals surface area contributed by atoms with Gasteiger partial charge in [-0.15, -0.1) is 0 Å². The second-order valence-corrected chi connectivity index (χ2v) is 4.52. The molecule has 0 saturated heterocycles. The van der Waals surface area contributed by atoms with Gasteiger partial charge in [0.05, 0.1) is 6.61 Å². The number of carbonyl (C=O) groups excluding carboxylic acids is 1. The Morgan fingerprint density at radius 2 is 2.00 bits per heavy atom. The third-order valence-corrected chi connectivity index (χ3v) is 2.60. The van der Waals surface area contributed by atoms with Gasteiger partial charge in [-0.1, -0.05) is 35.9 Å². The molecule has 104 valence electrons. The topological polar surface area (TPSA) is 46.5 Å². The van der Waals surface area contributed by atoms with Gasteiger partial charge in [-0.25, -0.2) is 9.18 Å². The van der Waals surface area contributed by atoms with E-state index in [0.717, 1.165) is 6.08 Å². The van der Waals surface area contributed by atoms with E-state index in [1.165, 1.54) is 0 Å². The molecule has 19 heavy (non-hydrogen) atoms. The number of rotatable bonds is 5. The molecule has 0 unspecified atom stereocenters. The summed E-state index contributed by atoms with van der Waals surface area (Å²) >= 11 is 0. The van der Waals surface area contributed by atoms with E-state index < -0.39 is 17.7 Å². The monoisotopic (exact) mass is 266 g/mol. The van der Waals surface area contributed by atoms with Crippen LogP contribution >= 0.6 is 0 Å². The third-order valence-electron chi connectivity index (χ3n) is 2.60. The second kappa shape index (κ2) is 6.48. The summed E-state index contributed by atoms with van der Waals surface area (Å²) in [5.74, 6) is -1.08. The Morgan fingerprint density at radius 3 is 2.47 bits per heavy atom. The summed E-state index contributed by atoms with van der Waals surface area (Å²) in [5.41, 5.74) is -1.66. The van der Waals surface area contributed by atoms with Crippen molar-refractivity contribution in [3.63, 3.8) is 0 Å². The molecule has 0 heterocycles. The van der Waals surface area contributed by atoms with Crippen LogP contribution in [0.3, 0.4) is 0 Å². The van der Waals surface area contributed by atoms with Gasteiger partial charge in [0.1, 0.15) is 6.10 Å². The van der Waals surface area contributed by atoms with Crippen LogP contribution in [0.15, 0.2) is 42.0 Å². The van der Waals surface area contributed by atoms with E-state index in [9.17, 15) is 14.3 Å². The SMILES string of the molecule is CCOC(=O)[C@](F)(C=C(C)C)[C@@H](O)c1ccccc1. The van der Waals surface area contributed by atoms with Gasteiger partial charge in [-0.2, -0.15) is 0 Å². The molecule has 0 amide bonds. The Labute approximate surface area is 112 Å². The number of ether oxygens (including phenoxy) is 1. The van der Waals surface area contributed by atoms with E-state index in [0.29, 0.717) is 11.1 Å². The molecule has 4 heteroatoms. The van der Waals surface area contributed by atoms with Gasteiger partial charge in [0.15, 0.2) is 0 Å². The molecule has 1 N–H and O–H groups in total. The van der Waals surface area contributed by atoms with E-state index in [2.05, 4.69) is 0 Å². The molecule has 0 aliphatic rings. The number of alkyl halides is 1. The Morgan fingerprint density at radius 1 is 1.42 bits per heavy atom. The lowest BCUT2D eigenvalue weighted by atomic mass is 9.91. The van der Waals surface area contributed by atoms with Crippen molar-refractivity contribution in [2.45, 2.75) is 32.5 Å². The number of benzene rings is 1. The summed E-state index contributed by atoms with van der Waals surface area (Å²) in [7, 11) is 0. The number of aliphatic hydroxyl groups is 1. The van der Waals surface area contributed by atoms with Gasteiger partial charge in [-0.05, 0) is 32.4 Å². The summed E-state index contributed by atoms with van der Waals surface area (Å²) in [5, 5.41) is 10.2. The van der Waals surface area contributed by atoms with Crippen LogP contribution < -0.4 is 0 Å². The summed E-state index contributed by atoms with van der Waals surface area (Å²) in [6, 6.07) is 8.23. The first-order chi connectivity index (χ1) is 8.91. The molecule has 3 nitrogen and oxygen atoms in total. The van der Waals surface area contributed by atoms with Gasteiger partial charge in [0, 0.05) is 0 Å². The van der Waals surface area contributed by atoms with Crippen molar-refractivity contribution in [3.05, 3.63) is 47.5 Å². The van der Waals surface area contributed by atoms with Crippen molar-refractivity contribution in [1.82, 2.24) is 0 Å². The third kappa shape index (κ3) is 3.64. The minimum absolute atomic E-state index is 0.0581. The van der Waals surface area contributed by atoms with Gasteiger partial charge < -0.3 is 9.84 Å². The van der Waals surface area contributed by atoms with Crippen molar-refractivity contribution in [2.75, 3.05) is 6.61 Å². The molecule has 0 fully saturated rings. The van der Waals surface area contributed by atoms with E-state index in [1.54, 1.807) is 51.1 Å². The van der Waals surface area contributed by atoms with Gasteiger partial charge in [0.25, 0.3) is 5.67 Å². The zero-order valence-electron chi connectivity index (χ0n) is 11.4. The lowest BCUT2D eigenvalue weighted by molar-refractivity contribution is -0.161. The van der Waals surface area contributed by atoms with E-state index in [1.807, 2.05) is 0 Å². The van der Waals surface area contributed by atoms with Crippen LogP contribution in [0.25, 0.3) is 0 Å². The predicted molar refractivity (Wildman–Crippen MR) is 71.3 cm³/mol. The van der Waals surface area contributed by atoms with Crippen molar-refractivity contribution in [3.8, 4) is 0 Å². The molecular formula is C15H19FO3. The molecule has 1 rings (SSSR count). The number of hydrogen-bond donors (Lipinski definition) is 1. The minimum Gasteiger partial charge on any atom is -0.463 e. The summed E-state index contributed by atoms with van der Waals surface area (Å²) in [4.78, 5) is 11.8. The van der Waals surface area contributed by atoms with E-state index in [4.69, 9.17) is 4.74 Å². The van der Waals surface area contributed by atoms with Crippen LogP contribution in [-0.2, 0) is 9.53 Å². The van der Waals surface area contributed by atoms with E-state index >= 15 is 0 Å². The van der Waals surface area contributed by atoms with Crippen LogP contribution in [0.4, 0.5) is 4.39 Å². The second-order valence-electron chi connectivity index (χ2n) is 4.52. The number of hydrogen-bond acceptors (Lipinski definition) is 3. The molecule has 2 atom stereocenters. The van der Waals surface area contributed by atoms with Crippen molar-refractivity contribution in [2.24, 2.45) is 0 Å². The normalized spacial score (nSPS) is 15.2. The van der Waals surface area contributed by atoms with Crippen LogP contribution in [-0.4, -0.2) is 23.4 Å². The van der Waals surface area contributed by atoms with Gasteiger partial charge in [-0.3, -0.25) is 0 Å². The predicted octanol–water partition coefficient (Wildman–Crippen LogP) is 2.96. The summed E-state index contributed by atoms with van der Waals surface area (Å²) < 4.78 is 19.6. The quantitative estimate of drug-likeness (QED) is 0.658. The highest BCUT2D eigenvalue weighted by Crippen LogP contribution is 2.33. The molecule has 0 radical (unpaired) electrons. The summed E-state index contributed by atoms with van der Waals surface area (Å²) in [6.07, 6.45) is -0.495. The molecule has 0 aromatic heterocycles. The van der Waals surface area contributed by atoms with Crippen molar-refractivity contribution in [1.29, 1.82) is 0 Å². The minimum atomic E-state index is -2.57. The summed E-state index contributed by atoms with van der Waals surface area (Å²) in [6.45, 7) is 4.97. The number of carbonyl (C=O) groups is 1. The Bertz CT molecular complexity index is 452. The fraction of sp³-hybridized carbons (Fsp3) is 0.400. The maximum absolute atomic E-state index is 14.9. The molecule has 0 aliphatic heterocycles. The van der Waals surface area contributed by atoms with Gasteiger partial charge in [0.2, 0.25) is 0 Å². The molecule has 0 aliphatic carbocycles. The van der Waals surface area contributed by atoms with Crippen molar-refractivity contribution >= 4 is 5.97 Å². The Hall–Kier alpha value is -1.68. The van der Waals surface area contributed by atoms with E-state index in [-0.39, 0.29) is 6.61 Å². The lowest BCUT2D eigenvalue weighted by Gasteiger charge is -2.26. The fourth-order valence-electron chi connectivity index (χ4n) is 1.79. The molecule has 1 aromatic rings. The highest BCUT2D eigenvalue weighted by molar-refractivity contribution is 5.83. The Kier molecular flexibility index (Phi) is 5.24. The van der Waals surface area contributed by atoms with Crippen LogP contribution in [0.2, 0.25) is 0 Å². The first kappa shape index (κ1) is 15.4. The standard InChI is InChI=1S/C15H19FO3/c1-4-19-14(18)15(16,10-11(2)3)13(17)12-8-6-5-7-9-12/h5-10,13,17H,4H2,1-3H3/t13-,15-/m0/s1. The Balaban J connectivity index is 3.17. The number of aliphatic hydroxyl groups excluding tert-OH is 1. The highest BCUT2D eigenvalue weighted by Gasteiger charge is 2.46. The number of halogens is 1. The number of allylic oxidation sites excluding steroid dienone is 1. The average molecular weight is 266 g/mol. The molecule has 0 bridgehead atoms. The largest absolute Gasteiger partial charge is 0.463 e. The number of esters is 1. The molecule has 0 spiro atoms. The highest BCUT2D eigenvalue weighted by atomic mass is 19.1. The van der Waals surface area contributed by atoms with Gasteiger partial charge >= 0.3 is 5.97 Å². The molecule has 1 aromatic carbocycles. The van der Waals surface area contributed by atoms with Crippen LogP contribution in [0, 0.1) is 0 Å². The van der Waals surface area contributed by atoms with Crippen LogP contribution in [0.5, 0.6) is 0 Å². The lowest BCUT2D eigenvalue weighted by Crippen LogP contribution is -2.40. The van der Waals surface area contributed by atoms with Crippen LogP contribution in [0.1, 0.15) is 32.4 Å². The molecular weight excluding hydrogens is 247 g/mol. The molecule has 0 saturated carbocycles. The van der Waals surface area contributed by atoms with Crippen molar-refractivity contribution < 1.29 is 19.0 Å². The zero-order valence-corrected chi connectivity index (χ0v) is 11.4. The maximum Gasteiger partial charge on any atom is 0.351 e. The first-order valence-electron chi connectivity index (χ1n) is 6.17. The zero-order chi connectivity index (χ0) is 14.5. The smallest absolute Gasteiger partial charge is 0.351 e. The average Bonchev–Trinajstić information content (AvgIpc) is 2.38. The maximum atomic E-state index is 14.9.